The Balaban J connectivity index is 2.12. The van der Waals surface area contributed by atoms with Gasteiger partial charge in [-0.2, -0.15) is 5.10 Å². The summed E-state index contributed by atoms with van der Waals surface area (Å²) in [4.78, 5) is 12.5. The van der Waals surface area contributed by atoms with Gasteiger partial charge >= 0.3 is 5.97 Å². The van der Waals surface area contributed by atoms with E-state index in [4.69, 9.17) is 9.84 Å². The summed E-state index contributed by atoms with van der Waals surface area (Å²) in [6.45, 7) is 4.06. The summed E-state index contributed by atoms with van der Waals surface area (Å²) in [7, 11) is 1.42. The van der Waals surface area contributed by atoms with Crippen molar-refractivity contribution in [3.63, 3.8) is 0 Å². The van der Waals surface area contributed by atoms with E-state index in [0.29, 0.717) is 0 Å². The molecule has 2 aromatic rings. The van der Waals surface area contributed by atoms with Gasteiger partial charge in [0.1, 0.15) is 0 Å². The standard InChI is InChI=1S/C19H20N2O2/c1-19(2)16(14-10-6-4-7-11-14)20-21(17(19)18(22)23-3)15-12-8-5-9-13-15/h4-13,17H,1-3H3/t17-/m0/s1. The first kappa shape index (κ1) is 15.3. The fraction of sp³-hybridized carbons (Fsp3) is 0.263. The molecule has 0 bridgehead atoms. The van der Waals surface area contributed by atoms with Crippen LogP contribution in [0.3, 0.4) is 0 Å². The van der Waals surface area contributed by atoms with Gasteiger partial charge in [0.15, 0.2) is 6.04 Å². The molecule has 0 radical (unpaired) electrons. The van der Waals surface area contributed by atoms with Gasteiger partial charge in [0, 0.05) is 5.41 Å². The fourth-order valence-corrected chi connectivity index (χ4v) is 3.05. The molecular weight excluding hydrogens is 288 g/mol. The number of para-hydroxylation sites is 1. The Morgan fingerprint density at radius 3 is 2.17 bits per heavy atom. The molecule has 0 amide bonds. The van der Waals surface area contributed by atoms with Gasteiger partial charge in [-0.25, -0.2) is 9.80 Å². The van der Waals surface area contributed by atoms with Gasteiger partial charge in [0.05, 0.1) is 18.5 Å². The normalized spacial score (nSPS) is 19.3. The molecule has 0 N–H and O–H groups in total. The molecule has 0 fully saturated rings. The predicted molar refractivity (Wildman–Crippen MR) is 91.5 cm³/mol. The average molecular weight is 308 g/mol. The summed E-state index contributed by atoms with van der Waals surface area (Å²) in [5.41, 5.74) is 2.31. The molecule has 4 nitrogen and oxygen atoms in total. The van der Waals surface area contributed by atoms with Crippen LogP contribution in [0.4, 0.5) is 5.69 Å². The molecule has 4 heteroatoms. The summed E-state index contributed by atoms with van der Waals surface area (Å²) in [6.07, 6.45) is 0. The van der Waals surface area contributed by atoms with Crippen LogP contribution in [0.2, 0.25) is 0 Å². The number of ether oxygens (including phenoxy) is 1. The monoisotopic (exact) mass is 308 g/mol. The molecule has 1 atom stereocenters. The minimum Gasteiger partial charge on any atom is -0.467 e. The maximum atomic E-state index is 12.5. The zero-order valence-electron chi connectivity index (χ0n) is 13.6. The first-order chi connectivity index (χ1) is 11.1. The van der Waals surface area contributed by atoms with Crippen molar-refractivity contribution < 1.29 is 9.53 Å². The van der Waals surface area contributed by atoms with E-state index < -0.39 is 11.5 Å². The number of hydrazone groups is 1. The molecule has 1 aliphatic heterocycles. The molecule has 0 aromatic heterocycles. The second-order valence-electron chi connectivity index (χ2n) is 6.14. The van der Waals surface area contributed by atoms with Crippen molar-refractivity contribution >= 4 is 17.4 Å². The number of hydrogen-bond donors (Lipinski definition) is 0. The second-order valence-corrected chi connectivity index (χ2v) is 6.14. The number of anilines is 1. The van der Waals surface area contributed by atoms with E-state index in [1.54, 1.807) is 5.01 Å². The zero-order chi connectivity index (χ0) is 16.4. The minimum atomic E-state index is -0.495. The number of hydrogen-bond acceptors (Lipinski definition) is 4. The van der Waals surface area contributed by atoms with Crippen LogP contribution in [0.5, 0.6) is 0 Å². The first-order valence-electron chi connectivity index (χ1n) is 7.62. The van der Waals surface area contributed by atoms with Crippen LogP contribution in [-0.2, 0) is 9.53 Å². The lowest BCUT2D eigenvalue weighted by molar-refractivity contribution is -0.143. The number of methoxy groups -OCH3 is 1. The maximum absolute atomic E-state index is 12.5. The SMILES string of the molecule is COC(=O)[C@@H]1N(c2ccccc2)N=C(c2ccccc2)C1(C)C. The van der Waals surface area contributed by atoms with Gasteiger partial charge in [-0.1, -0.05) is 62.4 Å². The van der Waals surface area contributed by atoms with E-state index in [9.17, 15) is 4.79 Å². The van der Waals surface area contributed by atoms with Crippen molar-refractivity contribution in [2.24, 2.45) is 10.5 Å². The van der Waals surface area contributed by atoms with Crippen molar-refractivity contribution in [1.29, 1.82) is 0 Å². The van der Waals surface area contributed by atoms with Gasteiger partial charge in [-0.3, -0.25) is 0 Å². The molecule has 0 aliphatic carbocycles. The van der Waals surface area contributed by atoms with Crippen molar-refractivity contribution in [1.82, 2.24) is 0 Å². The lowest BCUT2D eigenvalue weighted by Gasteiger charge is -2.30. The summed E-state index contributed by atoms with van der Waals surface area (Å²) in [6, 6.07) is 19.2. The molecule has 0 unspecified atom stereocenters. The van der Waals surface area contributed by atoms with Gasteiger partial charge in [-0.15, -0.1) is 0 Å². The Hall–Kier alpha value is -2.62. The van der Waals surface area contributed by atoms with Crippen molar-refractivity contribution in [2.75, 3.05) is 12.1 Å². The lowest BCUT2D eigenvalue weighted by atomic mass is 9.78. The third-order valence-electron chi connectivity index (χ3n) is 4.24. The Labute approximate surface area is 136 Å². The summed E-state index contributed by atoms with van der Waals surface area (Å²) < 4.78 is 5.05. The number of carbonyl (C=O) groups excluding carboxylic acids is 1. The topological polar surface area (TPSA) is 41.9 Å². The number of esters is 1. The molecule has 0 saturated carbocycles. The molecular formula is C19H20N2O2. The Morgan fingerprint density at radius 1 is 1.04 bits per heavy atom. The summed E-state index contributed by atoms with van der Waals surface area (Å²) in [5, 5.41) is 6.55. The van der Waals surface area contributed by atoms with Gasteiger partial charge in [0.2, 0.25) is 0 Å². The minimum absolute atomic E-state index is 0.284. The Kier molecular flexibility index (Phi) is 3.90. The van der Waals surface area contributed by atoms with E-state index in [1.165, 1.54) is 7.11 Å². The van der Waals surface area contributed by atoms with E-state index in [2.05, 4.69) is 0 Å². The molecule has 0 saturated heterocycles. The first-order valence-corrected chi connectivity index (χ1v) is 7.62. The van der Waals surface area contributed by atoms with Gasteiger partial charge < -0.3 is 4.74 Å². The van der Waals surface area contributed by atoms with Crippen molar-refractivity contribution in [2.45, 2.75) is 19.9 Å². The summed E-state index contributed by atoms with van der Waals surface area (Å²) in [5.74, 6) is -0.284. The average Bonchev–Trinajstić information content (AvgIpc) is 2.87. The van der Waals surface area contributed by atoms with E-state index >= 15 is 0 Å². The number of benzene rings is 2. The van der Waals surface area contributed by atoms with E-state index in [-0.39, 0.29) is 5.97 Å². The third-order valence-corrected chi connectivity index (χ3v) is 4.24. The smallest absolute Gasteiger partial charge is 0.331 e. The van der Waals surface area contributed by atoms with Crippen LogP contribution in [-0.4, -0.2) is 24.8 Å². The second kappa shape index (κ2) is 5.88. The maximum Gasteiger partial charge on any atom is 0.331 e. The molecule has 0 spiro atoms. The van der Waals surface area contributed by atoms with Crippen LogP contribution in [0.15, 0.2) is 65.8 Å². The predicted octanol–water partition coefficient (Wildman–Crippen LogP) is 3.48. The fourth-order valence-electron chi connectivity index (χ4n) is 3.05. The highest BCUT2D eigenvalue weighted by Crippen LogP contribution is 2.39. The molecule has 23 heavy (non-hydrogen) atoms. The summed E-state index contributed by atoms with van der Waals surface area (Å²) >= 11 is 0. The molecule has 1 heterocycles. The quantitative estimate of drug-likeness (QED) is 0.815. The van der Waals surface area contributed by atoms with Crippen LogP contribution in [0, 0.1) is 5.41 Å². The zero-order valence-corrected chi connectivity index (χ0v) is 13.6. The van der Waals surface area contributed by atoms with E-state index in [1.807, 2.05) is 74.5 Å². The molecule has 3 rings (SSSR count). The Morgan fingerprint density at radius 2 is 1.61 bits per heavy atom. The molecule has 1 aliphatic rings. The highest BCUT2D eigenvalue weighted by atomic mass is 16.5. The van der Waals surface area contributed by atoms with Crippen LogP contribution in [0.25, 0.3) is 0 Å². The molecule has 2 aromatic carbocycles. The van der Waals surface area contributed by atoms with Crippen molar-refractivity contribution in [3.8, 4) is 0 Å². The third kappa shape index (κ3) is 2.61. The largest absolute Gasteiger partial charge is 0.467 e. The van der Waals surface area contributed by atoms with Gasteiger partial charge in [0.25, 0.3) is 0 Å². The van der Waals surface area contributed by atoms with Crippen molar-refractivity contribution in [3.05, 3.63) is 66.2 Å². The Bertz CT molecular complexity index is 724. The molecule has 118 valence electrons. The number of carbonyl (C=O) groups is 1. The lowest BCUT2D eigenvalue weighted by Crippen LogP contribution is -2.46. The van der Waals surface area contributed by atoms with E-state index in [0.717, 1.165) is 17.0 Å². The van der Waals surface area contributed by atoms with Crippen LogP contribution >= 0.6 is 0 Å². The van der Waals surface area contributed by atoms with Crippen LogP contribution in [0.1, 0.15) is 19.4 Å². The van der Waals surface area contributed by atoms with Gasteiger partial charge in [-0.05, 0) is 17.7 Å². The van der Waals surface area contributed by atoms with Crippen LogP contribution < -0.4 is 5.01 Å². The highest BCUT2D eigenvalue weighted by Gasteiger charge is 2.50. The number of nitrogens with zero attached hydrogens (tertiary/aromatic N) is 2. The highest BCUT2D eigenvalue weighted by molar-refractivity contribution is 6.10. The number of rotatable bonds is 3.